The van der Waals surface area contributed by atoms with Crippen LogP contribution >= 0.6 is 0 Å². The molecule has 1 aliphatic rings. The van der Waals surface area contributed by atoms with Gasteiger partial charge in [-0.2, -0.15) is 5.10 Å². The lowest BCUT2D eigenvalue weighted by atomic mass is 10.1. The third kappa shape index (κ3) is 2.58. The van der Waals surface area contributed by atoms with Crippen molar-refractivity contribution in [3.63, 3.8) is 0 Å². The minimum Gasteiger partial charge on any atom is -0.366 e. The summed E-state index contributed by atoms with van der Waals surface area (Å²) < 4.78 is 0. The van der Waals surface area contributed by atoms with Gasteiger partial charge in [0.1, 0.15) is 12.0 Å². The fraction of sp³-hybridized carbons (Fsp3) is 0.417. The second kappa shape index (κ2) is 5.48. The molecule has 0 aromatic rings. The number of nitrogens with zero attached hydrogens (tertiary/aromatic N) is 3. The number of carbonyl (C=O) groups excluding carboxylic acids is 2. The SMILES string of the molecule is C=CCN1C=NN(C(C)C)C(=O)/C1=C(\C)C(N)=O. The van der Waals surface area contributed by atoms with Gasteiger partial charge in [-0.25, -0.2) is 5.01 Å². The zero-order chi connectivity index (χ0) is 13.9. The van der Waals surface area contributed by atoms with Crippen LogP contribution in [0, 0.1) is 0 Å². The van der Waals surface area contributed by atoms with Gasteiger partial charge in [0, 0.05) is 12.1 Å². The van der Waals surface area contributed by atoms with Gasteiger partial charge in [0.25, 0.3) is 5.91 Å². The van der Waals surface area contributed by atoms with E-state index in [2.05, 4.69) is 11.7 Å². The largest absolute Gasteiger partial charge is 0.366 e. The number of rotatable bonds is 4. The minimum atomic E-state index is -0.619. The maximum Gasteiger partial charge on any atom is 0.291 e. The van der Waals surface area contributed by atoms with Gasteiger partial charge in [-0.05, 0) is 20.8 Å². The van der Waals surface area contributed by atoms with Crippen LogP contribution in [0.2, 0.25) is 0 Å². The zero-order valence-corrected chi connectivity index (χ0v) is 10.9. The van der Waals surface area contributed by atoms with Crippen molar-refractivity contribution in [3.05, 3.63) is 23.9 Å². The maximum absolute atomic E-state index is 12.3. The topological polar surface area (TPSA) is 79.0 Å². The Labute approximate surface area is 106 Å². The first-order valence-corrected chi connectivity index (χ1v) is 5.66. The molecule has 2 N–H and O–H groups in total. The first-order valence-electron chi connectivity index (χ1n) is 5.66. The molecule has 0 aromatic heterocycles. The molecule has 6 nitrogen and oxygen atoms in total. The molecule has 0 saturated carbocycles. The monoisotopic (exact) mass is 250 g/mol. The molecule has 0 atom stereocenters. The smallest absolute Gasteiger partial charge is 0.291 e. The Morgan fingerprint density at radius 1 is 1.61 bits per heavy atom. The number of hydrogen-bond acceptors (Lipinski definition) is 4. The first kappa shape index (κ1) is 14.0. The number of hydrazone groups is 1. The molecule has 0 spiro atoms. The molecule has 1 rings (SSSR count). The van der Waals surface area contributed by atoms with E-state index in [1.807, 2.05) is 13.8 Å². The lowest BCUT2D eigenvalue weighted by Gasteiger charge is -2.32. The van der Waals surface area contributed by atoms with Gasteiger partial charge in [0.2, 0.25) is 5.91 Å². The lowest BCUT2D eigenvalue weighted by molar-refractivity contribution is -0.131. The Bertz CT molecular complexity index is 437. The highest BCUT2D eigenvalue weighted by Gasteiger charge is 2.30. The Balaban J connectivity index is 3.28. The molecule has 0 aromatic carbocycles. The third-order valence-corrected chi connectivity index (χ3v) is 2.55. The molecule has 0 radical (unpaired) electrons. The van der Waals surface area contributed by atoms with E-state index in [1.54, 1.807) is 11.0 Å². The Kier molecular flexibility index (Phi) is 4.25. The Morgan fingerprint density at radius 2 is 2.22 bits per heavy atom. The van der Waals surface area contributed by atoms with E-state index in [9.17, 15) is 9.59 Å². The van der Waals surface area contributed by atoms with Crippen LogP contribution in [0.15, 0.2) is 29.0 Å². The molecule has 0 saturated heterocycles. The fourth-order valence-corrected chi connectivity index (χ4v) is 1.60. The van der Waals surface area contributed by atoms with E-state index < -0.39 is 5.91 Å². The van der Waals surface area contributed by atoms with Crippen LogP contribution in [0.25, 0.3) is 0 Å². The number of hydrogen-bond donors (Lipinski definition) is 1. The van der Waals surface area contributed by atoms with Gasteiger partial charge in [0.15, 0.2) is 0 Å². The summed E-state index contributed by atoms with van der Waals surface area (Å²) >= 11 is 0. The van der Waals surface area contributed by atoms with Crippen LogP contribution in [-0.2, 0) is 9.59 Å². The Hall–Kier alpha value is -2.11. The van der Waals surface area contributed by atoms with E-state index >= 15 is 0 Å². The molecule has 98 valence electrons. The van der Waals surface area contributed by atoms with E-state index in [-0.39, 0.29) is 23.2 Å². The van der Waals surface area contributed by atoms with Crippen LogP contribution in [-0.4, -0.2) is 40.6 Å². The summed E-state index contributed by atoms with van der Waals surface area (Å²) in [5, 5.41) is 5.37. The summed E-state index contributed by atoms with van der Waals surface area (Å²) in [5.74, 6) is -0.947. The highest BCUT2D eigenvalue weighted by molar-refractivity contribution is 6.05. The standard InChI is InChI=1S/C12H18N4O2/c1-5-6-15-7-14-16(8(2)3)12(18)10(15)9(4)11(13)17/h5,7-8H,1,6H2,2-4H3,(H2,13,17)/b10-9-. The molecule has 0 aliphatic carbocycles. The highest BCUT2D eigenvalue weighted by Crippen LogP contribution is 2.19. The quantitative estimate of drug-likeness (QED) is 0.580. The van der Waals surface area contributed by atoms with Crippen molar-refractivity contribution in [1.29, 1.82) is 0 Å². The first-order chi connectivity index (χ1) is 8.40. The molecule has 0 fully saturated rings. The summed E-state index contributed by atoms with van der Waals surface area (Å²) in [6, 6.07) is -0.0877. The number of nitrogens with two attached hydrogens (primary N) is 1. The van der Waals surface area contributed by atoms with E-state index in [1.165, 1.54) is 18.3 Å². The van der Waals surface area contributed by atoms with Crippen LogP contribution in [0.4, 0.5) is 0 Å². The second-order valence-electron chi connectivity index (χ2n) is 4.25. The van der Waals surface area contributed by atoms with Crippen molar-refractivity contribution in [2.75, 3.05) is 6.54 Å². The van der Waals surface area contributed by atoms with E-state index in [4.69, 9.17) is 5.73 Å². The second-order valence-corrected chi connectivity index (χ2v) is 4.25. The summed E-state index contributed by atoms with van der Waals surface area (Å²) in [6.07, 6.45) is 3.13. The van der Waals surface area contributed by atoms with Crippen LogP contribution in [0.3, 0.4) is 0 Å². The van der Waals surface area contributed by atoms with Gasteiger partial charge in [-0.1, -0.05) is 6.08 Å². The normalized spacial score (nSPS) is 18.3. The Morgan fingerprint density at radius 3 is 2.67 bits per heavy atom. The molecule has 0 bridgehead atoms. The van der Waals surface area contributed by atoms with Gasteiger partial charge in [-0.15, -0.1) is 6.58 Å². The average Bonchev–Trinajstić information content (AvgIpc) is 2.28. The maximum atomic E-state index is 12.3. The third-order valence-electron chi connectivity index (χ3n) is 2.55. The van der Waals surface area contributed by atoms with Gasteiger partial charge >= 0.3 is 0 Å². The molecule has 1 heterocycles. The van der Waals surface area contributed by atoms with E-state index in [0.29, 0.717) is 6.54 Å². The van der Waals surface area contributed by atoms with Crippen LogP contribution < -0.4 is 5.73 Å². The van der Waals surface area contributed by atoms with E-state index in [0.717, 1.165) is 0 Å². The molecular weight excluding hydrogens is 232 g/mol. The summed E-state index contributed by atoms with van der Waals surface area (Å²) in [4.78, 5) is 25.1. The van der Waals surface area contributed by atoms with Crippen molar-refractivity contribution in [3.8, 4) is 0 Å². The zero-order valence-electron chi connectivity index (χ0n) is 10.9. The molecule has 0 unspecified atom stereocenters. The highest BCUT2D eigenvalue weighted by atomic mass is 16.2. The minimum absolute atomic E-state index is 0.0877. The molecular formula is C12H18N4O2. The predicted molar refractivity (Wildman–Crippen MR) is 69.3 cm³/mol. The molecule has 2 amide bonds. The summed E-state index contributed by atoms with van der Waals surface area (Å²) in [5.41, 5.74) is 5.72. The summed E-state index contributed by atoms with van der Waals surface area (Å²) in [6.45, 7) is 9.21. The fourth-order valence-electron chi connectivity index (χ4n) is 1.60. The van der Waals surface area contributed by atoms with Gasteiger partial charge < -0.3 is 10.6 Å². The van der Waals surface area contributed by atoms with Crippen molar-refractivity contribution >= 4 is 18.2 Å². The number of amides is 2. The molecule has 18 heavy (non-hydrogen) atoms. The van der Waals surface area contributed by atoms with Crippen LogP contribution in [0.1, 0.15) is 20.8 Å². The van der Waals surface area contributed by atoms with Crippen LogP contribution in [0.5, 0.6) is 0 Å². The van der Waals surface area contributed by atoms with Crippen molar-refractivity contribution in [2.45, 2.75) is 26.8 Å². The lowest BCUT2D eigenvalue weighted by Crippen LogP contribution is -2.45. The number of primary amides is 1. The van der Waals surface area contributed by atoms with Gasteiger partial charge in [-0.3, -0.25) is 9.59 Å². The predicted octanol–water partition coefficient (Wildman–Crippen LogP) is 0.428. The molecule has 1 aliphatic heterocycles. The van der Waals surface area contributed by atoms with Crippen molar-refractivity contribution in [2.24, 2.45) is 10.8 Å². The number of carbonyl (C=O) groups is 2. The molecule has 6 heteroatoms. The summed E-state index contributed by atoms with van der Waals surface area (Å²) in [7, 11) is 0. The average molecular weight is 250 g/mol. The van der Waals surface area contributed by atoms with Crippen molar-refractivity contribution in [1.82, 2.24) is 9.91 Å². The van der Waals surface area contributed by atoms with Gasteiger partial charge in [0.05, 0.1) is 6.04 Å². The van der Waals surface area contributed by atoms with Crippen molar-refractivity contribution < 1.29 is 9.59 Å².